The van der Waals surface area contributed by atoms with Crippen molar-refractivity contribution in [1.29, 1.82) is 5.26 Å². The van der Waals surface area contributed by atoms with E-state index < -0.39 is 5.82 Å². The number of anilines is 4. The fourth-order valence-corrected chi connectivity index (χ4v) is 3.71. The number of halogens is 1. The molecule has 5 rings (SSSR count). The maximum atomic E-state index is 14.1. The van der Waals surface area contributed by atoms with Gasteiger partial charge in [-0.1, -0.05) is 0 Å². The van der Waals surface area contributed by atoms with Crippen LogP contribution in [0, 0.1) is 29.0 Å². The van der Waals surface area contributed by atoms with Crippen LogP contribution in [-0.4, -0.2) is 40.8 Å². The van der Waals surface area contributed by atoms with Crippen LogP contribution in [0.1, 0.15) is 12.8 Å². The summed E-state index contributed by atoms with van der Waals surface area (Å²) in [5.41, 5.74) is 1.22. The molecule has 3 heterocycles. The second-order valence-electron chi connectivity index (χ2n) is 7.66. The third kappa shape index (κ3) is 3.71. The number of nitrogens with one attached hydrogen (secondary N) is 3. The molecule has 0 unspecified atom stereocenters. The minimum absolute atomic E-state index is 0.0436. The number of ether oxygens (including phenoxy) is 2. The molecular formula is C21H20FN7O3. The highest BCUT2D eigenvalue weighted by Crippen LogP contribution is 2.41. The molecule has 1 aliphatic heterocycles. The fourth-order valence-electron chi connectivity index (χ4n) is 3.71. The lowest BCUT2D eigenvalue weighted by molar-refractivity contribution is -0.116. The van der Waals surface area contributed by atoms with Crippen LogP contribution in [0.5, 0.6) is 11.5 Å². The average Bonchev–Trinajstić information content (AvgIpc) is 3.42. The van der Waals surface area contributed by atoms with Crippen molar-refractivity contribution in [3.8, 4) is 17.6 Å². The monoisotopic (exact) mass is 437 g/mol. The van der Waals surface area contributed by atoms with Gasteiger partial charge in [0.2, 0.25) is 5.91 Å². The number of amides is 1. The summed E-state index contributed by atoms with van der Waals surface area (Å²) in [6.45, 7) is 0.701. The third-order valence-electron chi connectivity index (χ3n) is 5.41. The summed E-state index contributed by atoms with van der Waals surface area (Å²) in [5.74, 6) is 1.11. The largest absolute Gasteiger partial charge is 0.486 e. The molecule has 0 spiro atoms. The summed E-state index contributed by atoms with van der Waals surface area (Å²) in [6.07, 6.45) is 2.54. The van der Waals surface area contributed by atoms with Gasteiger partial charge in [0, 0.05) is 31.7 Å². The van der Waals surface area contributed by atoms with Crippen LogP contribution in [-0.2, 0) is 4.79 Å². The van der Waals surface area contributed by atoms with Crippen LogP contribution in [0.4, 0.5) is 27.4 Å². The molecule has 1 aromatic carbocycles. The van der Waals surface area contributed by atoms with Gasteiger partial charge in [0.1, 0.15) is 36.4 Å². The molecule has 0 bridgehead atoms. The van der Waals surface area contributed by atoms with E-state index >= 15 is 0 Å². The number of carbonyl (C=O) groups excluding carboxylic acids is 1. The number of hydrogen-bond acceptors (Lipinski definition) is 8. The van der Waals surface area contributed by atoms with Gasteiger partial charge in [-0.05, 0) is 12.3 Å². The normalized spacial score (nSPS) is 18.7. The quantitative estimate of drug-likeness (QED) is 0.538. The number of benzene rings is 1. The van der Waals surface area contributed by atoms with Crippen molar-refractivity contribution in [1.82, 2.24) is 14.6 Å². The lowest BCUT2D eigenvalue weighted by Gasteiger charge is -2.21. The van der Waals surface area contributed by atoms with Crippen LogP contribution in [0.15, 0.2) is 24.4 Å². The molecule has 3 N–H and O–H groups in total. The van der Waals surface area contributed by atoms with E-state index in [1.165, 1.54) is 18.3 Å². The summed E-state index contributed by atoms with van der Waals surface area (Å²) in [4.78, 5) is 17.0. The predicted octanol–water partition coefficient (Wildman–Crippen LogP) is 2.91. The molecule has 164 valence electrons. The molecule has 1 aliphatic carbocycles. The van der Waals surface area contributed by atoms with Gasteiger partial charge >= 0.3 is 0 Å². The highest BCUT2D eigenvalue weighted by Gasteiger charge is 2.38. The molecule has 2 aromatic heterocycles. The van der Waals surface area contributed by atoms with Gasteiger partial charge in [-0.2, -0.15) is 14.9 Å². The van der Waals surface area contributed by atoms with Crippen molar-refractivity contribution in [2.45, 2.75) is 12.8 Å². The first-order valence-electron chi connectivity index (χ1n) is 10.2. The second-order valence-corrected chi connectivity index (χ2v) is 7.66. The highest BCUT2D eigenvalue weighted by atomic mass is 19.1. The maximum Gasteiger partial charge on any atom is 0.224 e. The molecule has 3 aromatic rings. The van der Waals surface area contributed by atoms with E-state index in [2.05, 4.69) is 32.1 Å². The first-order chi connectivity index (χ1) is 15.6. The van der Waals surface area contributed by atoms with Gasteiger partial charge in [0.25, 0.3) is 0 Å². The van der Waals surface area contributed by atoms with Crippen LogP contribution >= 0.6 is 0 Å². The maximum absolute atomic E-state index is 14.1. The van der Waals surface area contributed by atoms with E-state index in [9.17, 15) is 9.18 Å². The molecule has 11 heteroatoms. The fraction of sp³-hybridized carbons (Fsp3) is 0.333. The molecule has 0 saturated heterocycles. The van der Waals surface area contributed by atoms with Gasteiger partial charge in [0.15, 0.2) is 17.1 Å². The number of fused-ring (bicyclic) bond motifs is 2. The van der Waals surface area contributed by atoms with Crippen molar-refractivity contribution < 1.29 is 18.7 Å². The van der Waals surface area contributed by atoms with E-state index in [1.54, 1.807) is 17.6 Å². The molecule has 2 aliphatic rings. The Morgan fingerprint density at radius 2 is 2.16 bits per heavy atom. The predicted molar refractivity (Wildman–Crippen MR) is 114 cm³/mol. The molecule has 10 nitrogen and oxygen atoms in total. The molecule has 1 amide bonds. The number of aromatic nitrogens is 3. The van der Waals surface area contributed by atoms with Crippen molar-refractivity contribution in [3.05, 3.63) is 30.2 Å². The lowest BCUT2D eigenvalue weighted by Crippen LogP contribution is -2.17. The number of nitrogens with zero attached hydrogens (tertiary/aromatic N) is 4. The van der Waals surface area contributed by atoms with Gasteiger partial charge in [-0.15, -0.1) is 0 Å². The molecule has 32 heavy (non-hydrogen) atoms. The Kier molecular flexibility index (Phi) is 4.89. The molecule has 0 radical (unpaired) electrons. The number of carbonyl (C=O) groups is 1. The SMILES string of the molecule is CNc1cc(Nc2cc(F)cc3c2OCCO3)nc2c(NC(=O)C[C@@H]3C[C@@H]3C#N)cnn12. The lowest BCUT2D eigenvalue weighted by atomic mass is 10.2. The van der Waals surface area contributed by atoms with Gasteiger partial charge in [-0.25, -0.2) is 9.37 Å². The molecule has 1 fully saturated rings. The average molecular weight is 437 g/mol. The smallest absolute Gasteiger partial charge is 0.224 e. The minimum Gasteiger partial charge on any atom is -0.486 e. The van der Waals surface area contributed by atoms with Crippen molar-refractivity contribution in [3.63, 3.8) is 0 Å². The second kappa shape index (κ2) is 7.88. The van der Waals surface area contributed by atoms with Gasteiger partial charge in [-0.3, -0.25) is 4.79 Å². The highest BCUT2D eigenvalue weighted by molar-refractivity contribution is 5.95. The summed E-state index contributed by atoms with van der Waals surface area (Å²) in [7, 11) is 1.73. The zero-order chi connectivity index (χ0) is 22.2. The molecular weight excluding hydrogens is 417 g/mol. The summed E-state index contributed by atoms with van der Waals surface area (Å²) in [6, 6.07) is 6.46. The van der Waals surface area contributed by atoms with Crippen molar-refractivity contribution in [2.24, 2.45) is 11.8 Å². The van der Waals surface area contributed by atoms with Crippen LogP contribution in [0.25, 0.3) is 5.65 Å². The Morgan fingerprint density at radius 3 is 2.94 bits per heavy atom. The Balaban J connectivity index is 1.45. The topological polar surface area (TPSA) is 126 Å². The summed E-state index contributed by atoms with van der Waals surface area (Å²) < 4.78 is 26.8. The Morgan fingerprint density at radius 1 is 1.31 bits per heavy atom. The zero-order valence-corrected chi connectivity index (χ0v) is 17.2. The minimum atomic E-state index is -0.472. The van der Waals surface area contributed by atoms with Crippen LogP contribution in [0.3, 0.4) is 0 Å². The van der Waals surface area contributed by atoms with Gasteiger partial charge in [0.05, 0.1) is 23.9 Å². The van der Waals surface area contributed by atoms with Gasteiger partial charge < -0.3 is 25.4 Å². The standard InChI is InChI=1S/C21H20FN7O3/c1-24-18-8-17(26-14-6-13(22)7-16-20(14)32-3-2-31-16)28-21-15(10-25-29(18)21)27-19(30)5-11-4-12(11)9-23/h6-8,10-12,24H,2-5H2,1H3,(H,26,28)(H,27,30)/t11-,12+/m0/s1. The Hall–Kier alpha value is -4.07. The zero-order valence-electron chi connectivity index (χ0n) is 17.2. The van der Waals surface area contributed by atoms with E-state index in [0.29, 0.717) is 53.4 Å². The molecule has 2 atom stereocenters. The third-order valence-corrected chi connectivity index (χ3v) is 5.41. The van der Waals surface area contributed by atoms with E-state index in [4.69, 9.17) is 14.7 Å². The number of rotatable bonds is 6. The number of hydrogen-bond donors (Lipinski definition) is 3. The summed E-state index contributed by atoms with van der Waals surface area (Å²) in [5, 5.41) is 22.2. The van der Waals surface area contributed by atoms with E-state index in [1.807, 2.05) is 0 Å². The molecule has 1 saturated carbocycles. The van der Waals surface area contributed by atoms with Crippen LogP contribution < -0.4 is 25.4 Å². The Bertz CT molecular complexity index is 1250. The van der Waals surface area contributed by atoms with Crippen molar-refractivity contribution >= 4 is 34.6 Å². The van der Waals surface area contributed by atoms with E-state index in [0.717, 1.165) is 6.42 Å². The van der Waals surface area contributed by atoms with Crippen molar-refractivity contribution in [2.75, 3.05) is 36.2 Å². The van der Waals surface area contributed by atoms with Crippen LogP contribution in [0.2, 0.25) is 0 Å². The summed E-state index contributed by atoms with van der Waals surface area (Å²) >= 11 is 0. The number of nitriles is 1. The first kappa shape index (κ1) is 19.9. The van der Waals surface area contributed by atoms with E-state index in [-0.39, 0.29) is 24.2 Å². The first-order valence-corrected chi connectivity index (χ1v) is 10.2. The Labute approximate surface area is 182 Å².